The normalized spacial score (nSPS) is 10.3. The molecule has 0 unspecified atom stereocenters. The Labute approximate surface area is 86.9 Å². The van der Waals surface area contributed by atoms with Crippen LogP contribution in [0.15, 0.2) is 0 Å². The minimum atomic E-state index is -0.00245. The van der Waals surface area contributed by atoms with Crippen molar-refractivity contribution in [3.05, 3.63) is 0 Å². The minimum Gasteiger partial charge on any atom is -0.344 e. The summed E-state index contributed by atoms with van der Waals surface area (Å²) < 4.78 is 0. The SMILES string of the molecule is C#CCNC(=O)CN(C)C(CC)CC. The Morgan fingerprint density at radius 1 is 1.50 bits per heavy atom. The highest BCUT2D eigenvalue weighted by molar-refractivity contribution is 5.78. The standard InChI is InChI=1S/C11H20N2O/c1-5-8-12-11(14)9-13(4)10(6-2)7-3/h1,10H,6-9H2,2-4H3,(H,12,14). The number of carbonyl (C=O) groups excluding carboxylic acids is 1. The van der Waals surface area contributed by atoms with Gasteiger partial charge < -0.3 is 5.32 Å². The maximum absolute atomic E-state index is 11.3. The number of nitrogens with one attached hydrogen (secondary N) is 1. The molecule has 1 amide bonds. The molecule has 0 aliphatic carbocycles. The number of terminal acetylenes is 1. The summed E-state index contributed by atoms with van der Waals surface area (Å²) in [5.74, 6) is 2.38. The van der Waals surface area contributed by atoms with Crippen LogP contribution in [0.25, 0.3) is 0 Å². The fourth-order valence-corrected chi connectivity index (χ4v) is 1.47. The summed E-state index contributed by atoms with van der Waals surface area (Å²) in [7, 11) is 1.97. The molecule has 0 spiro atoms. The van der Waals surface area contributed by atoms with E-state index in [9.17, 15) is 4.79 Å². The molecule has 80 valence electrons. The molecule has 0 rings (SSSR count). The molecule has 0 atom stereocenters. The van der Waals surface area contributed by atoms with Gasteiger partial charge in [0, 0.05) is 6.04 Å². The van der Waals surface area contributed by atoms with Crippen molar-refractivity contribution in [2.75, 3.05) is 20.1 Å². The van der Waals surface area contributed by atoms with Gasteiger partial charge in [0.25, 0.3) is 0 Å². The lowest BCUT2D eigenvalue weighted by atomic mass is 10.1. The van der Waals surface area contributed by atoms with Crippen LogP contribution < -0.4 is 5.32 Å². The number of hydrogen-bond donors (Lipinski definition) is 1. The van der Waals surface area contributed by atoms with Gasteiger partial charge in [0.15, 0.2) is 0 Å². The molecule has 0 saturated heterocycles. The molecule has 14 heavy (non-hydrogen) atoms. The van der Waals surface area contributed by atoms with E-state index in [4.69, 9.17) is 6.42 Å². The van der Waals surface area contributed by atoms with Gasteiger partial charge >= 0.3 is 0 Å². The summed E-state index contributed by atoms with van der Waals surface area (Å²) in [5.41, 5.74) is 0. The lowest BCUT2D eigenvalue weighted by Gasteiger charge is -2.25. The van der Waals surface area contributed by atoms with Crippen molar-refractivity contribution < 1.29 is 4.79 Å². The quantitative estimate of drug-likeness (QED) is 0.639. The van der Waals surface area contributed by atoms with Crippen LogP contribution in [0.3, 0.4) is 0 Å². The second-order valence-electron chi connectivity index (χ2n) is 3.37. The third kappa shape index (κ3) is 4.88. The van der Waals surface area contributed by atoms with Crippen molar-refractivity contribution in [2.24, 2.45) is 0 Å². The van der Waals surface area contributed by atoms with E-state index < -0.39 is 0 Å². The summed E-state index contributed by atoms with van der Waals surface area (Å²) in [6.07, 6.45) is 7.17. The summed E-state index contributed by atoms with van der Waals surface area (Å²) in [5, 5.41) is 2.65. The first-order chi connectivity index (χ1) is 6.65. The van der Waals surface area contributed by atoms with Crippen molar-refractivity contribution >= 4 is 5.91 Å². The van der Waals surface area contributed by atoms with Gasteiger partial charge in [-0.05, 0) is 19.9 Å². The molecule has 0 radical (unpaired) electrons. The maximum Gasteiger partial charge on any atom is 0.234 e. The van der Waals surface area contributed by atoms with Crippen molar-refractivity contribution in [2.45, 2.75) is 32.7 Å². The van der Waals surface area contributed by atoms with Crippen molar-refractivity contribution in [1.29, 1.82) is 0 Å². The van der Waals surface area contributed by atoms with Gasteiger partial charge in [-0.25, -0.2) is 0 Å². The van der Waals surface area contributed by atoms with E-state index in [1.165, 1.54) is 0 Å². The van der Waals surface area contributed by atoms with E-state index >= 15 is 0 Å². The fraction of sp³-hybridized carbons (Fsp3) is 0.727. The van der Waals surface area contributed by atoms with Gasteiger partial charge in [0.05, 0.1) is 13.1 Å². The third-order valence-corrected chi connectivity index (χ3v) is 2.35. The van der Waals surface area contributed by atoms with E-state index in [-0.39, 0.29) is 5.91 Å². The highest BCUT2D eigenvalue weighted by Gasteiger charge is 2.12. The van der Waals surface area contributed by atoms with Gasteiger partial charge in [0.1, 0.15) is 0 Å². The van der Waals surface area contributed by atoms with Crippen molar-refractivity contribution in [3.63, 3.8) is 0 Å². The molecular weight excluding hydrogens is 176 g/mol. The molecule has 0 heterocycles. The van der Waals surface area contributed by atoms with Crippen LogP contribution in [0.4, 0.5) is 0 Å². The van der Waals surface area contributed by atoms with Gasteiger partial charge in [-0.15, -0.1) is 6.42 Å². The summed E-state index contributed by atoms with van der Waals surface area (Å²) in [4.78, 5) is 13.4. The number of hydrogen-bond acceptors (Lipinski definition) is 2. The number of carbonyl (C=O) groups is 1. The third-order valence-electron chi connectivity index (χ3n) is 2.35. The fourth-order valence-electron chi connectivity index (χ4n) is 1.47. The summed E-state index contributed by atoms with van der Waals surface area (Å²) in [6, 6.07) is 0.478. The lowest BCUT2D eigenvalue weighted by molar-refractivity contribution is -0.122. The zero-order valence-corrected chi connectivity index (χ0v) is 9.34. The average molecular weight is 196 g/mol. The minimum absolute atomic E-state index is 0.00245. The molecule has 0 bridgehead atoms. The second kappa shape index (κ2) is 7.40. The maximum atomic E-state index is 11.3. The summed E-state index contributed by atoms with van der Waals surface area (Å²) in [6.45, 7) is 5.00. The molecule has 0 aromatic heterocycles. The van der Waals surface area contributed by atoms with Gasteiger partial charge in [0.2, 0.25) is 5.91 Å². The molecular formula is C11H20N2O. The van der Waals surface area contributed by atoms with Crippen LogP contribution in [0.2, 0.25) is 0 Å². The van der Waals surface area contributed by atoms with Gasteiger partial charge in [-0.3, -0.25) is 9.69 Å². The molecule has 0 aliphatic heterocycles. The van der Waals surface area contributed by atoms with Crippen LogP contribution in [0, 0.1) is 12.3 Å². The summed E-state index contributed by atoms with van der Waals surface area (Å²) >= 11 is 0. The zero-order valence-electron chi connectivity index (χ0n) is 9.34. The predicted octanol–water partition coefficient (Wildman–Crippen LogP) is 0.856. The Balaban J connectivity index is 3.86. The zero-order chi connectivity index (χ0) is 11.0. The first-order valence-electron chi connectivity index (χ1n) is 5.06. The van der Waals surface area contributed by atoms with E-state index in [0.29, 0.717) is 19.1 Å². The predicted molar refractivity (Wildman–Crippen MR) is 58.8 cm³/mol. The number of amides is 1. The van der Waals surface area contributed by atoms with E-state index in [2.05, 4.69) is 30.0 Å². The largest absolute Gasteiger partial charge is 0.344 e. The topological polar surface area (TPSA) is 32.3 Å². The Kier molecular flexibility index (Phi) is 6.87. The van der Waals surface area contributed by atoms with Crippen LogP contribution in [0.1, 0.15) is 26.7 Å². The molecule has 0 aliphatic rings. The molecule has 0 saturated carbocycles. The smallest absolute Gasteiger partial charge is 0.234 e. The van der Waals surface area contributed by atoms with Crippen LogP contribution in [-0.4, -0.2) is 37.0 Å². The first kappa shape index (κ1) is 13.0. The van der Waals surface area contributed by atoms with E-state index in [0.717, 1.165) is 12.8 Å². The Morgan fingerprint density at radius 3 is 2.50 bits per heavy atom. The van der Waals surface area contributed by atoms with E-state index in [1.807, 2.05) is 7.05 Å². The average Bonchev–Trinajstić information content (AvgIpc) is 2.16. The van der Waals surface area contributed by atoms with Crippen molar-refractivity contribution in [3.8, 4) is 12.3 Å². The lowest BCUT2D eigenvalue weighted by Crippen LogP contribution is -2.40. The van der Waals surface area contributed by atoms with Gasteiger partial charge in [-0.2, -0.15) is 0 Å². The molecule has 3 nitrogen and oxygen atoms in total. The number of rotatable bonds is 6. The Hall–Kier alpha value is -1.01. The molecule has 0 aromatic rings. The van der Waals surface area contributed by atoms with Crippen LogP contribution in [0.5, 0.6) is 0 Å². The van der Waals surface area contributed by atoms with Gasteiger partial charge in [-0.1, -0.05) is 19.8 Å². The van der Waals surface area contributed by atoms with E-state index in [1.54, 1.807) is 0 Å². The Bertz CT molecular complexity index is 204. The van der Waals surface area contributed by atoms with Crippen molar-refractivity contribution in [1.82, 2.24) is 10.2 Å². The second-order valence-corrected chi connectivity index (χ2v) is 3.37. The number of likely N-dealkylation sites (N-methyl/N-ethyl adjacent to an activating group) is 1. The molecule has 1 N–H and O–H groups in total. The molecule has 3 heteroatoms. The Morgan fingerprint density at radius 2 is 2.07 bits per heavy atom. The first-order valence-corrected chi connectivity index (χ1v) is 5.06. The highest BCUT2D eigenvalue weighted by Crippen LogP contribution is 2.04. The van der Waals surface area contributed by atoms with Crippen LogP contribution >= 0.6 is 0 Å². The number of nitrogens with zero attached hydrogens (tertiary/aromatic N) is 1. The monoisotopic (exact) mass is 196 g/mol. The van der Waals surface area contributed by atoms with Crippen LogP contribution in [-0.2, 0) is 4.79 Å². The molecule has 0 fully saturated rings. The molecule has 0 aromatic carbocycles. The highest BCUT2D eigenvalue weighted by atomic mass is 16.2.